The van der Waals surface area contributed by atoms with E-state index in [1.807, 2.05) is 36.6 Å². The number of nitrogens with zero attached hydrogens (tertiary/aromatic N) is 2. The molecule has 0 aliphatic carbocycles. The van der Waals surface area contributed by atoms with Crippen molar-refractivity contribution in [2.75, 3.05) is 12.4 Å². The number of carbonyl (C=O) groups is 2. The fourth-order valence-electron chi connectivity index (χ4n) is 3.02. The molecule has 6 heteroatoms. The monoisotopic (exact) mass is 329 g/mol. The van der Waals surface area contributed by atoms with Crippen molar-refractivity contribution >= 4 is 28.3 Å². The lowest BCUT2D eigenvalue weighted by atomic mass is 9.84. The molecule has 1 aromatic carbocycles. The van der Waals surface area contributed by atoms with E-state index in [4.69, 9.17) is 0 Å². The third-order valence-electron chi connectivity index (χ3n) is 4.28. The fourth-order valence-corrected chi connectivity index (χ4v) is 3.55. The molecule has 0 bridgehead atoms. The van der Waals surface area contributed by atoms with Crippen LogP contribution in [0.4, 0.5) is 5.13 Å². The number of rotatable bonds is 3. The maximum Gasteiger partial charge on any atom is 0.231 e. The van der Waals surface area contributed by atoms with Gasteiger partial charge < -0.3 is 10.2 Å². The summed E-state index contributed by atoms with van der Waals surface area (Å²) in [7, 11) is 1.77. The standard InChI is InChI=1S/C17H19N3O2S/c1-11-3-5-12(6-4-11)15-13(7-8-14(21)20(15)2)16(22)19-17-18-9-10-23-17/h3-6,9-10,13,15H,7-8H2,1-2H3,(H,18,19,22)/t13-,15-/m0/s1. The number of likely N-dealkylation sites (tertiary alicyclic amines) is 1. The van der Waals surface area contributed by atoms with E-state index >= 15 is 0 Å². The zero-order valence-corrected chi connectivity index (χ0v) is 14.0. The SMILES string of the molecule is Cc1ccc([C@H]2[C@@H](C(=O)Nc3nccs3)CCC(=O)N2C)cc1. The number of benzene rings is 1. The molecule has 5 nitrogen and oxygen atoms in total. The minimum atomic E-state index is -0.274. The Morgan fingerprint density at radius 3 is 2.74 bits per heavy atom. The normalized spacial score (nSPS) is 21.3. The number of thiazole rings is 1. The van der Waals surface area contributed by atoms with Gasteiger partial charge in [0.2, 0.25) is 11.8 Å². The largest absolute Gasteiger partial charge is 0.338 e. The molecule has 1 fully saturated rings. The number of aromatic nitrogens is 1. The van der Waals surface area contributed by atoms with Gasteiger partial charge in [0.05, 0.1) is 12.0 Å². The molecular weight excluding hydrogens is 310 g/mol. The van der Waals surface area contributed by atoms with E-state index in [2.05, 4.69) is 10.3 Å². The Morgan fingerprint density at radius 2 is 2.09 bits per heavy atom. The maximum atomic E-state index is 12.7. The van der Waals surface area contributed by atoms with E-state index in [0.29, 0.717) is 18.0 Å². The highest BCUT2D eigenvalue weighted by atomic mass is 32.1. The summed E-state index contributed by atoms with van der Waals surface area (Å²) in [5.74, 6) is -0.275. The number of aryl methyl sites for hydroxylation is 1. The first kappa shape index (κ1) is 15.7. The quantitative estimate of drug-likeness (QED) is 0.941. The summed E-state index contributed by atoms with van der Waals surface area (Å²) in [4.78, 5) is 30.6. The molecule has 23 heavy (non-hydrogen) atoms. The molecule has 1 aliphatic heterocycles. The Labute approximate surface area is 139 Å². The van der Waals surface area contributed by atoms with E-state index in [1.165, 1.54) is 11.3 Å². The van der Waals surface area contributed by atoms with Crippen molar-refractivity contribution in [2.45, 2.75) is 25.8 Å². The molecule has 0 unspecified atom stereocenters. The fraction of sp³-hybridized carbons (Fsp3) is 0.353. The van der Waals surface area contributed by atoms with Crippen LogP contribution >= 0.6 is 11.3 Å². The molecule has 120 valence electrons. The van der Waals surface area contributed by atoms with Gasteiger partial charge in [0.15, 0.2) is 5.13 Å². The van der Waals surface area contributed by atoms with Crippen LogP contribution in [-0.4, -0.2) is 28.7 Å². The lowest BCUT2D eigenvalue weighted by Gasteiger charge is -2.38. The van der Waals surface area contributed by atoms with E-state index < -0.39 is 0 Å². The summed E-state index contributed by atoms with van der Waals surface area (Å²) in [6.45, 7) is 2.02. The molecule has 1 aliphatic rings. The molecule has 2 aromatic rings. The zero-order valence-electron chi connectivity index (χ0n) is 13.2. The number of amides is 2. The maximum absolute atomic E-state index is 12.7. The second-order valence-electron chi connectivity index (χ2n) is 5.83. The van der Waals surface area contributed by atoms with Crippen molar-refractivity contribution in [3.05, 3.63) is 47.0 Å². The first-order valence-corrected chi connectivity index (χ1v) is 8.47. The van der Waals surface area contributed by atoms with Crippen molar-refractivity contribution in [1.82, 2.24) is 9.88 Å². The van der Waals surface area contributed by atoms with Crippen molar-refractivity contribution < 1.29 is 9.59 Å². The van der Waals surface area contributed by atoms with Gasteiger partial charge in [-0.15, -0.1) is 11.3 Å². The van der Waals surface area contributed by atoms with Gasteiger partial charge in [-0.1, -0.05) is 29.8 Å². The van der Waals surface area contributed by atoms with Crippen LogP contribution in [0.25, 0.3) is 0 Å². The molecular formula is C17H19N3O2S. The Hall–Kier alpha value is -2.21. The van der Waals surface area contributed by atoms with Gasteiger partial charge in [0.1, 0.15) is 0 Å². The Balaban J connectivity index is 1.88. The molecule has 1 N–H and O–H groups in total. The molecule has 1 aromatic heterocycles. The van der Waals surface area contributed by atoms with Gasteiger partial charge >= 0.3 is 0 Å². The molecule has 0 radical (unpaired) electrons. The predicted octanol–water partition coefficient (Wildman–Crippen LogP) is 3.00. The lowest BCUT2D eigenvalue weighted by molar-refractivity contribution is -0.140. The van der Waals surface area contributed by atoms with Crippen molar-refractivity contribution in [2.24, 2.45) is 5.92 Å². The molecule has 3 rings (SSSR count). The van der Waals surface area contributed by atoms with E-state index in [9.17, 15) is 9.59 Å². The number of piperidine rings is 1. The molecule has 0 saturated carbocycles. The first-order valence-electron chi connectivity index (χ1n) is 7.59. The van der Waals surface area contributed by atoms with Crippen LogP contribution in [0, 0.1) is 12.8 Å². The summed E-state index contributed by atoms with van der Waals surface area (Å²) in [5.41, 5.74) is 2.15. The highest BCUT2D eigenvalue weighted by molar-refractivity contribution is 7.13. The van der Waals surface area contributed by atoms with Crippen LogP contribution in [0.15, 0.2) is 35.8 Å². The van der Waals surface area contributed by atoms with Crippen molar-refractivity contribution in [3.63, 3.8) is 0 Å². The average molecular weight is 329 g/mol. The number of hydrogen-bond acceptors (Lipinski definition) is 4. The van der Waals surface area contributed by atoms with Crippen LogP contribution in [0.1, 0.15) is 30.0 Å². The zero-order chi connectivity index (χ0) is 16.4. The van der Waals surface area contributed by atoms with Gasteiger partial charge in [-0.2, -0.15) is 0 Å². The molecule has 2 amide bonds. The van der Waals surface area contributed by atoms with Crippen LogP contribution in [0.5, 0.6) is 0 Å². The summed E-state index contributed by atoms with van der Waals surface area (Å²) in [5, 5.41) is 5.29. The lowest BCUT2D eigenvalue weighted by Crippen LogP contribution is -2.44. The van der Waals surface area contributed by atoms with Crippen molar-refractivity contribution in [1.29, 1.82) is 0 Å². The number of hydrogen-bond donors (Lipinski definition) is 1. The molecule has 2 atom stereocenters. The van der Waals surface area contributed by atoms with E-state index in [0.717, 1.165) is 11.1 Å². The molecule has 2 heterocycles. The summed E-state index contributed by atoms with van der Waals surface area (Å²) >= 11 is 1.39. The second-order valence-corrected chi connectivity index (χ2v) is 6.73. The molecule has 1 saturated heterocycles. The highest BCUT2D eigenvalue weighted by Gasteiger charge is 2.38. The van der Waals surface area contributed by atoms with Gasteiger partial charge in [-0.25, -0.2) is 4.98 Å². The van der Waals surface area contributed by atoms with Crippen LogP contribution in [0.3, 0.4) is 0 Å². The van der Waals surface area contributed by atoms with Gasteiger partial charge in [-0.3, -0.25) is 9.59 Å². The Kier molecular flexibility index (Phi) is 4.43. The average Bonchev–Trinajstić information content (AvgIpc) is 3.04. The molecule has 0 spiro atoms. The van der Waals surface area contributed by atoms with Gasteiger partial charge in [0.25, 0.3) is 0 Å². The topological polar surface area (TPSA) is 62.3 Å². The Morgan fingerprint density at radius 1 is 1.35 bits per heavy atom. The summed E-state index contributed by atoms with van der Waals surface area (Å²) in [6.07, 6.45) is 2.61. The smallest absolute Gasteiger partial charge is 0.231 e. The van der Waals surface area contributed by atoms with E-state index in [1.54, 1.807) is 18.1 Å². The highest BCUT2D eigenvalue weighted by Crippen LogP contribution is 2.36. The number of anilines is 1. The Bertz CT molecular complexity index is 697. The van der Waals surface area contributed by atoms with Crippen molar-refractivity contribution in [3.8, 4) is 0 Å². The van der Waals surface area contributed by atoms with E-state index in [-0.39, 0.29) is 23.8 Å². The summed E-state index contributed by atoms with van der Waals surface area (Å²) < 4.78 is 0. The van der Waals surface area contributed by atoms with Gasteiger partial charge in [0, 0.05) is 25.0 Å². The minimum Gasteiger partial charge on any atom is -0.338 e. The second kappa shape index (κ2) is 6.50. The number of nitrogens with one attached hydrogen (secondary N) is 1. The predicted molar refractivity (Wildman–Crippen MR) is 90.2 cm³/mol. The van der Waals surface area contributed by atoms with Crippen LogP contribution < -0.4 is 5.32 Å². The number of carbonyl (C=O) groups excluding carboxylic acids is 2. The summed E-state index contributed by atoms with van der Waals surface area (Å²) in [6, 6.07) is 7.78. The minimum absolute atomic E-state index is 0.0777. The van der Waals surface area contributed by atoms with Crippen LogP contribution in [-0.2, 0) is 9.59 Å². The third-order valence-corrected chi connectivity index (χ3v) is 4.97. The first-order chi connectivity index (χ1) is 11.1. The van der Waals surface area contributed by atoms with Crippen LogP contribution in [0.2, 0.25) is 0 Å². The van der Waals surface area contributed by atoms with Gasteiger partial charge in [-0.05, 0) is 18.9 Å². The third kappa shape index (κ3) is 3.27.